The summed E-state index contributed by atoms with van der Waals surface area (Å²) in [4.78, 5) is 0. The molecule has 0 spiro atoms. The van der Waals surface area contributed by atoms with E-state index in [0.717, 1.165) is 6.54 Å². The van der Waals surface area contributed by atoms with Crippen molar-refractivity contribution in [2.75, 3.05) is 6.54 Å². The van der Waals surface area contributed by atoms with Crippen molar-refractivity contribution in [2.24, 2.45) is 0 Å². The van der Waals surface area contributed by atoms with Crippen LogP contribution >= 0.6 is 23.2 Å². The molecule has 2 rings (SSSR count). The van der Waals surface area contributed by atoms with Gasteiger partial charge in [0.1, 0.15) is 0 Å². The summed E-state index contributed by atoms with van der Waals surface area (Å²) in [6.07, 6.45) is 6.15. The number of unbranched alkanes of at least 4 members (excludes halogenated alkanes) is 1. The molecular weight excluding hydrogens is 253 g/mol. The lowest BCUT2D eigenvalue weighted by molar-refractivity contribution is 0.185. The minimum Gasteiger partial charge on any atom is -0.307 e. The van der Waals surface area contributed by atoms with Gasteiger partial charge >= 0.3 is 0 Å². The van der Waals surface area contributed by atoms with Crippen LogP contribution in [0.2, 0.25) is 10.0 Å². The summed E-state index contributed by atoms with van der Waals surface area (Å²) in [5.41, 5.74) is 1.44. The van der Waals surface area contributed by atoms with Crippen molar-refractivity contribution in [2.45, 2.75) is 44.6 Å². The van der Waals surface area contributed by atoms with Crippen LogP contribution in [0.25, 0.3) is 0 Å². The largest absolute Gasteiger partial charge is 0.307 e. The Hall–Kier alpha value is -0.240. The molecule has 0 aliphatic heterocycles. The zero-order valence-corrected chi connectivity index (χ0v) is 11.7. The van der Waals surface area contributed by atoms with E-state index in [1.807, 2.05) is 12.1 Å². The summed E-state index contributed by atoms with van der Waals surface area (Å²) in [5, 5.41) is 4.99. The average Bonchev–Trinajstić information content (AvgIpc) is 2.26. The van der Waals surface area contributed by atoms with Gasteiger partial charge in [0.25, 0.3) is 0 Å². The Kier molecular flexibility index (Phi) is 4.35. The van der Waals surface area contributed by atoms with Gasteiger partial charge in [-0.1, -0.05) is 42.6 Å². The van der Waals surface area contributed by atoms with Gasteiger partial charge in [0.2, 0.25) is 0 Å². The van der Waals surface area contributed by atoms with Crippen LogP contribution in [-0.2, 0) is 5.54 Å². The van der Waals surface area contributed by atoms with Crippen LogP contribution < -0.4 is 5.32 Å². The van der Waals surface area contributed by atoms with Crippen molar-refractivity contribution in [1.82, 2.24) is 5.32 Å². The molecule has 1 aliphatic carbocycles. The first-order chi connectivity index (χ1) is 8.18. The fourth-order valence-corrected chi connectivity index (χ4v) is 2.69. The second-order valence-electron chi connectivity index (χ2n) is 4.84. The van der Waals surface area contributed by atoms with Crippen LogP contribution in [0.3, 0.4) is 0 Å². The van der Waals surface area contributed by atoms with Gasteiger partial charge < -0.3 is 5.32 Å². The molecular formula is C14H19Cl2N. The highest BCUT2D eigenvalue weighted by molar-refractivity contribution is 6.42. The van der Waals surface area contributed by atoms with E-state index in [-0.39, 0.29) is 5.54 Å². The second-order valence-corrected chi connectivity index (χ2v) is 5.66. The van der Waals surface area contributed by atoms with Crippen molar-refractivity contribution in [3.8, 4) is 0 Å². The highest BCUT2D eigenvalue weighted by atomic mass is 35.5. The van der Waals surface area contributed by atoms with Crippen LogP contribution in [0.5, 0.6) is 0 Å². The van der Waals surface area contributed by atoms with Gasteiger partial charge in [-0.3, -0.25) is 0 Å². The van der Waals surface area contributed by atoms with Gasteiger partial charge in [-0.2, -0.15) is 0 Å². The lowest BCUT2D eigenvalue weighted by atomic mass is 9.72. The van der Waals surface area contributed by atoms with Gasteiger partial charge in [0, 0.05) is 5.54 Å². The van der Waals surface area contributed by atoms with E-state index < -0.39 is 0 Å². The van der Waals surface area contributed by atoms with Crippen molar-refractivity contribution in [3.05, 3.63) is 33.8 Å². The van der Waals surface area contributed by atoms with Crippen LogP contribution in [0.1, 0.15) is 44.6 Å². The summed E-state index contributed by atoms with van der Waals surface area (Å²) < 4.78 is 0. The smallest absolute Gasteiger partial charge is 0.0595 e. The van der Waals surface area contributed by atoms with Crippen LogP contribution in [0.4, 0.5) is 0 Å². The lowest BCUT2D eigenvalue weighted by Crippen LogP contribution is -2.48. The predicted molar refractivity (Wildman–Crippen MR) is 74.9 cm³/mol. The third kappa shape index (κ3) is 2.78. The van der Waals surface area contributed by atoms with E-state index in [0.29, 0.717) is 10.0 Å². The number of hydrogen-bond donors (Lipinski definition) is 1. The molecule has 17 heavy (non-hydrogen) atoms. The standard InChI is InChI=1S/C14H19Cl2N/c1-2-3-9-17-14(7-4-8-14)11-5-6-12(15)13(16)10-11/h5-6,10,17H,2-4,7-9H2,1H3. The van der Waals surface area contributed by atoms with Gasteiger partial charge in [-0.05, 0) is 49.9 Å². The fraction of sp³-hybridized carbons (Fsp3) is 0.571. The Balaban J connectivity index is 2.13. The highest BCUT2D eigenvalue weighted by Crippen LogP contribution is 2.42. The zero-order valence-electron chi connectivity index (χ0n) is 10.2. The topological polar surface area (TPSA) is 12.0 Å². The van der Waals surface area contributed by atoms with Gasteiger partial charge in [0.05, 0.1) is 10.0 Å². The molecule has 94 valence electrons. The normalized spacial score (nSPS) is 17.8. The molecule has 1 nitrogen and oxygen atoms in total. The molecule has 1 aromatic rings. The van der Waals surface area contributed by atoms with Crippen LogP contribution in [0.15, 0.2) is 18.2 Å². The van der Waals surface area contributed by atoms with Gasteiger partial charge in [0.15, 0.2) is 0 Å². The van der Waals surface area contributed by atoms with Gasteiger partial charge in [-0.25, -0.2) is 0 Å². The summed E-state index contributed by atoms with van der Waals surface area (Å²) in [6.45, 7) is 3.30. The van der Waals surface area contributed by atoms with E-state index in [1.165, 1.54) is 37.7 Å². The molecule has 0 bridgehead atoms. The second kappa shape index (κ2) is 5.60. The first-order valence-corrected chi connectivity index (χ1v) is 7.14. The van der Waals surface area contributed by atoms with Crippen LogP contribution in [-0.4, -0.2) is 6.54 Å². The van der Waals surface area contributed by atoms with E-state index in [4.69, 9.17) is 23.2 Å². The highest BCUT2D eigenvalue weighted by Gasteiger charge is 2.38. The maximum absolute atomic E-state index is 6.10. The summed E-state index contributed by atoms with van der Waals surface area (Å²) in [6, 6.07) is 6.02. The molecule has 0 radical (unpaired) electrons. The van der Waals surface area contributed by atoms with E-state index >= 15 is 0 Å². The Bertz CT molecular complexity index is 386. The minimum absolute atomic E-state index is 0.156. The molecule has 1 aliphatic rings. The molecule has 1 saturated carbocycles. The minimum atomic E-state index is 0.156. The monoisotopic (exact) mass is 271 g/mol. The summed E-state index contributed by atoms with van der Waals surface area (Å²) >= 11 is 12.1. The Labute approximate surface area is 114 Å². The molecule has 1 aromatic carbocycles. The Morgan fingerprint density at radius 1 is 1.24 bits per heavy atom. The molecule has 0 saturated heterocycles. The van der Waals surface area contributed by atoms with E-state index in [2.05, 4.69) is 18.3 Å². The van der Waals surface area contributed by atoms with E-state index in [9.17, 15) is 0 Å². The molecule has 1 N–H and O–H groups in total. The van der Waals surface area contributed by atoms with Crippen LogP contribution in [0, 0.1) is 0 Å². The predicted octanol–water partition coefficient (Wildman–Crippen LogP) is 4.76. The molecule has 3 heteroatoms. The van der Waals surface area contributed by atoms with Crippen molar-refractivity contribution < 1.29 is 0 Å². The Morgan fingerprint density at radius 2 is 2.00 bits per heavy atom. The number of hydrogen-bond acceptors (Lipinski definition) is 1. The summed E-state index contributed by atoms with van der Waals surface area (Å²) in [5.74, 6) is 0. The maximum Gasteiger partial charge on any atom is 0.0595 e. The third-order valence-electron chi connectivity index (χ3n) is 3.67. The van der Waals surface area contributed by atoms with Crippen molar-refractivity contribution >= 4 is 23.2 Å². The molecule has 0 atom stereocenters. The number of halogens is 2. The zero-order chi connectivity index (χ0) is 12.3. The average molecular weight is 272 g/mol. The first kappa shape index (κ1) is 13.2. The summed E-state index contributed by atoms with van der Waals surface area (Å²) in [7, 11) is 0. The lowest BCUT2D eigenvalue weighted by Gasteiger charge is -2.43. The number of nitrogens with one attached hydrogen (secondary N) is 1. The molecule has 0 amide bonds. The number of benzene rings is 1. The molecule has 0 aromatic heterocycles. The third-order valence-corrected chi connectivity index (χ3v) is 4.41. The Morgan fingerprint density at radius 3 is 2.53 bits per heavy atom. The molecule has 1 fully saturated rings. The number of rotatable bonds is 5. The van der Waals surface area contributed by atoms with Crippen molar-refractivity contribution in [3.63, 3.8) is 0 Å². The molecule has 0 unspecified atom stereocenters. The quantitative estimate of drug-likeness (QED) is 0.762. The fourth-order valence-electron chi connectivity index (χ4n) is 2.40. The molecule has 0 heterocycles. The SMILES string of the molecule is CCCCNC1(c2ccc(Cl)c(Cl)c2)CCC1. The van der Waals surface area contributed by atoms with Gasteiger partial charge in [-0.15, -0.1) is 0 Å². The maximum atomic E-state index is 6.10. The van der Waals surface area contributed by atoms with Crippen molar-refractivity contribution in [1.29, 1.82) is 0 Å². The van der Waals surface area contributed by atoms with E-state index in [1.54, 1.807) is 0 Å². The first-order valence-electron chi connectivity index (χ1n) is 6.38.